The Kier molecular flexibility index (Phi) is 3.60. The van der Waals surface area contributed by atoms with Crippen LogP contribution in [0.15, 0.2) is 12.1 Å². The maximum absolute atomic E-state index is 4.71. The summed E-state index contributed by atoms with van der Waals surface area (Å²) in [6.45, 7) is 12.8. The zero-order valence-electron chi connectivity index (χ0n) is 12.0. The molecule has 0 atom stereocenters. The summed E-state index contributed by atoms with van der Waals surface area (Å²) in [6, 6.07) is 4.43. The van der Waals surface area contributed by atoms with Crippen LogP contribution >= 0.6 is 0 Å². The van der Waals surface area contributed by atoms with Gasteiger partial charge in [0.15, 0.2) is 0 Å². The predicted molar refractivity (Wildman–Crippen MR) is 78.2 cm³/mol. The lowest BCUT2D eigenvalue weighted by Gasteiger charge is -2.12. The summed E-state index contributed by atoms with van der Waals surface area (Å²) in [4.78, 5) is 4.71. The monoisotopic (exact) mass is 245 g/mol. The molecule has 98 valence electrons. The molecule has 0 saturated carbocycles. The highest BCUT2D eigenvalue weighted by atomic mass is 15.2. The molecule has 0 saturated heterocycles. The van der Waals surface area contributed by atoms with E-state index < -0.39 is 0 Å². The molecule has 0 aliphatic heterocycles. The number of fused-ring (bicyclic) bond motifs is 1. The average molecular weight is 245 g/mol. The highest BCUT2D eigenvalue weighted by Crippen LogP contribution is 2.24. The molecule has 2 aromatic rings. The van der Waals surface area contributed by atoms with Gasteiger partial charge in [-0.05, 0) is 49.9 Å². The molecule has 1 N–H and O–H groups in total. The van der Waals surface area contributed by atoms with E-state index in [1.54, 1.807) is 0 Å². The van der Waals surface area contributed by atoms with E-state index in [0.717, 1.165) is 24.6 Å². The van der Waals surface area contributed by atoms with Gasteiger partial charge >= 0.3 is 0 Å². The number of imidazole rings is 1. The number of anilines is 1. The Hall–Kier alpha value is -1.51. The zero-order valence-corrected chi connectivity index (χ0v) is 12.0. The van der Waals surface area contributed by atoms with Gasteiger partial charge in [-0.25, -0.2) is 4.98 Å². The van der Waals surface area contributed by atoms with Crippen molar-refractivity contribution in [3.05, 3.63) is 23.3 Å². The van der Waals surface area contributed by atoms with Crippen molar-refractivity contribution in [1.29, 1.82) is 0 Å². The van der Waals surface area contributed by atoms with Crippen LogP contribution in [0.5, 0.6) is 0 Å². The van der Waals surface area contributed by atoms with Crippen LogP contribution in [-0.4, -0.2) is 16.1 Å². The fourth-order valence-corrected chi connectivity index (χ4v) is 2.22. The van der Waals surface area contributed by atoms with Crippen LogP contribution in [0.3, 0.4) is 0 Å². The smallest absolute Gasteiger partial charge is 0.203 e. The van der Waals surface area contributed by atoms with Gasteiger partial charge in [-0.3, -0.25) is 0 Å². The highest BCUT2D eigenvalue weighted by molar-refractivity contribution is 5.80. The third-order valence-corrected chi connectivity index (χ3v) is 3.25. The predicted octanol–water partition coefficient (Wildman–Crippen LogP) is 3.74. The largest absolute Gasteiger partial charge is 0.356 e. The Morgan fingerprint density at radius 1 is 1.22 bits per heavy atom. The molecule has 0 aliphatic carbocycles. The molecular weight excluding hydrogens is 222 g/mol. The quantitative estimate of drug-likeness (QED) is 0.889. The first-order chi connectivity index (χ1) is 8.52. The van der Waals surface area contributed by atoms with Crippen molar-refractivity contribution in [3.8, 4) is 0 Å². The van der Waals surface area contributed by atoms with Crippen LogP contribution < -0.4 is 5.32 Å². The molecule has 0 aliphatic rings. The van der Waals surface area contributed by atoms with Crippen molar-refractivity contribution in [1.82, 2.24) is 9.55 Å². The Morgan fingerprint density at radius 2 is 1.89 bits per heavy atom. The molecule has 0 bridgehead atoms. The molecule has 0 unspecified atom stereocenters. The molecule has 0 radical (unpaired) electrons. The molecule has 2 rings (SSSR count). The maximum Gasteiger partial charge on any atom is 0.203 e. The normalized spacial score (nSPS) is 11.4. The van der Waals surface area contributed by atoms with Gasteiger partial charge in [-0.15, -0.1) is 0 Å². The van der Waals surface area contributed by atoms with Crippen molar-refractivity contribution in [2.75, 3.05) is 11.9 Å². The second kappa shape index (κ2) is 5.01. The van der Waals surface area contributed by atoms with Crippen molar-refractivity contribution in [2.45, 2.75) is 41.2 Å². The van der Waals surface area contributed by atoms with Gasteiger partial charge in [0.2, 0.25) is 5.95 Å². The van der Waals surface area contributed by atoms with E-state index in [9.17, 15) is 0 Å². The number of nitrogens with zero attached hydrogens (tertiary/aromatic N) is 2. The highest BCUT2D eigenvalue weighted by Gasteiger charge is 2.12. The second-order valence-corrected chi connectivity index (χ2v) is 5.40. The summed E-state index contributed by atoms with van der Waals surface area (Å²) in [5.41, 5.74) is 4.97. The van der Waals surface area contributed by atoms with E-state index in [1.165, 1.54) is 16.6 Å². The average Bonchev–Trinajstić information content (AvgIpc) is 2.58. The number of hydrogen-bond donors (Lipinski definition) is 1. The molecular formula is C15H23N3. The lowest BCUT2D eigenvalue weighted by Crippen LogP contribution is -2.10. The summed E-state index contributed by atoms with van der Waals surface area (Å²) in [5, 5.41) is 3.36. The van der Waals surface area contributed by atoms with E-state index in [1.807, 2.05) is 0 Å². The van der Waals surface area contributed by atoms with Crippen molar-refractivity contribution < 1.29 is 0 Å². The van der Waals surface area contributed by atoms with Crippen LogP contribution in [0.4, 0.5) is 5.95 Å². The lowest BCUT2D eigenvalue weighted by atomic mass is 10.1. The van der Waals surface area contributed by atoms with Crippen molar-refractivity contribution in [3.63, 3.8) is 0 Å². The van der Waals surface area contributed by atoms with Gasteiger partial charge in [0.25, 0.3) is 0 Å². The summed E-state index contributed by atoms with van der Waals surface area (Å²) in [6.07, 6.45) is 0. The zero-order chi connectivity index (χ0) is 13.3. The van der Waals surface area contributed by atoms with Crippen LogP contribution in [0.1, 0.15) is 31.9 Å². The number of aryl methyl sites for hydroxylation is 2. The van der Waals surface area contributed by atoms with E-state index in [2.05, 4.69) is 56.6 Å². The molecule has 18 heavy (non-hydrogen) atoms. The number of rotatable bonds is 4. The van der Waals surface area contributed by atoms with Crippen LogP contribution in [0.25, 0.3) is 11.0 Å². The number of aromatic nitrogens is 2. The van der Waals surface area contributed by atoms with Crippen LogP contribution in [0.2, 0.25) is 0 Å². The second-order valence-electron chi connectivity index (χ2n) is 5.40. The first-order valence-electron chi connectivity index (χ1n) is 6.74. The standard InChI is InChI=1S/C15H23N3/c1-6-16-15-17-13-7-11(4)12(5)8-14(13)18(15)9-10(2)3/h7-8,10H,6,9H2,1-5H3,(H,16,17). The van der Waals surface area contributed by atoms with Gasteiger partial charge < -0.3 is 9.88 Å². The fraction of sp³-hybridized carbons (Fsp3) is 0.533. The third kappa shape index (κ3) is 2.35. The van der Waals surface area contributed by atoms with Crippen LogP contribution in [-0.2, 0) is 6.54 Å². The topological polar surface area (TPSA) is 29.9 Å². The molecule has 0 amide bonds. The molecule has 3 nitrogen and oxygen atoms in total. The Balaban J connectivity index is 2.60. The fourth-order valence-electron chi connectivity index (χ4n) is 2.22. The van der Waals surface area contributed by atoms with E-state index in [4.69, 9.17) is 4.98 Å². The van der Waals surface area contributed by atoms with Crippen molar-refractivity contribution >= 4 is 17.0 Å². The maximum atomic E-state index is 4.71. The molecule has 0 spiro atoms. The van der Waals surface area contributed by atoms with Crippen molar-refractivity contribution in [2.24, 2.45) is 5.92 Å². The molecule has 1 aromatic carbocycles. The molecule has 1 heterocycles. The Morgan fingerprint density at radius 3 is 2.50 bits per heavy atom. The van der Waals surface area contributed by atoms with Gasteiger partial charge in [-0.2, -0.15) is 0 Å². The molecule has 0 fully saturated rings. The summed E-state index contributed by atoms with van der Waals surface area (Å²) >= 11 is 0. The summed E-state index contributed by atoms with van der Waals surface area (Å²) in [7, 11) is 0. The SMILES string of the molecule is CCNc1nc2cc(C)c(C)cc2n1CC(C)C. The van der Waals surface area contributed by atoms with Gasteiger partial charge in [0.1, 0.15) is 0 Å². The number of nitrogens with one attached hydrogen (secondary N) is 1. The van der Waals surface area contributed by atoms with Gasteiger partial charge in [0, 0.05) is 13.1 Å². The summed E-state index contributed by atoms with van der Waals surface area (Å²) in [5.74, 6) is 1.60. The Bertz CT molecular complexity index is 552. The minimum atomic E-state index is 0.612. The van der Waals surface area contributed by atoms with Gasteiger partial charge in [-0.1, -0.05) is 13.8 Å². The Labute approximate surface area is 109 Å². The number of hydrogen-bond acceptors (Lipinski definition) is 2. The number of benzene rings is 1. The minimum absolute atomic E-state index is 0.612. The van der Waals surface area contributed by atoms with Crippen LogP contribution in [0, 0.1) is 19.8 Å². The van der Waals surface area contributed by atoms with Gasteiger partial charge in [0.05, 0.1) is 11.0 Å². The first-order valence-corrected chi connectivity index (χ1v) is 6.74. The minimum Gasteiger partial charge on any atom is -0.356 e. The lowest BCUT2D eigenvalue weighted by molar-refractivity contribution is 0.536. The first kappa shape index (κ1) is 12.9. The van der Waals surface area contributed by atoms with E-state index in [0.29, 0.717) is 5.92 Å². The van der Waals surface area contributed by atoms with E-state index >= 15 is 0 Å². The molecule has 1 aromatic heterocycles. The van der Waals surface area contributed by atoms with E-state index in [-0.39, 0.29) is 0 Å². The third-order valence-electron chi connectivity index (χ3n) is 3.25. The summed E-state index contributed by atoms with van der Waals surface area (Å²) < 4.78 is 2.30. The molecule has 3 heteroatoms.